The molecule has 0 radical (unpaired) electrons. The zero-order chi connectivity index (χ0) is 16.7. The summed E-state index contributed by atoms with van der Waals surface area (Å²) in [6.07, 6.45) is 1.52. The third kappa shape index (κ3) is 5.02. The number of nitrogens with zero attached hydrogens (tertiary/aromatic N) is 1. The van der Waals surface area contributed by atoms with Gasteiger partial charge in [-0.2, -0.15) is 0 Å². The molecule has 0 bridgehead atoms. The summed E-state index contributed by atoms with van der Waals surface area (Å²) in [4.78, 5) is 11.6. The van der Waals surface area contributed by atoms with Crippen molar-refractivity contribution >= 4 is 6.03 Å². The summed E-state index contributed by atoms with van der Waals surface area (Å²) >= 11 is 0. The molecule has 2 amide bonds. The Labute approximate surface area is 136 Å². The SMILES string of the molecule is CCC(C)NC(=O)NCCc1cc(-c2cccc(OC)c2)on1. The molecule has 0 saturated carbocycles. The first-order chi connectivity index (χ1) is 11.1. The molecular formula is C17H23N3O3. The first kappa shape index (κ1) is 16.9. The number of carbonyl (C=O) groups excluding carboxylic acids is 1. The van der Waals surface area contributed by atoms with Crippen molar-refractivity contribution in [1.29, 1.82) is 0 Å². The molecule has 0 aliphatic rings. The van der Waals surface area contributed by atoms with Gasteiger partial charge in [0.05, 0.1) is 12.8 Å². The molecule has 1 aromatic heterocycles. The average molecular weight is 317 g/mol. The molecule has 0 fully saturated rings. The van der Waals surface area contributed by atoms with Crippen LogP contribution in [0.25, 0.3) is 11.3 Å². The fraction of sp³-hybridized carbons (Fsp3) is 0.412. The smallest absolute Gasteiger partial charge is 0.315 e. The second-order valence-corrected chi connectivity index (χ2v) is 5.37. The molecule has 0 aliphatic heterocycles. The van der Waals surface area contributed by atoms with Crippen molar-refractivity contribution in [3.8, 4) is 17.1 Å². The van der Waals surface area contributed by atoms with E-state index in [1.807, 2.05) is 44.2 Å². The lowest BCUT2D eigenvalue weighted by Crippen LogP contribution is -2.41. The predicted octanol–water partition coefficient (Wildman–Crippen LogP) is 2.99. The minimum Gasteiger partial charge on any atom is -0.497 e. The van der Waals surface area contributed by atoms with E-state index in [4.69, 9.17) is 9.26 Å². The van der Waals surface area contributed by atoms with E-state index in [2.05, 4.69) is 15.8 Å². The summed E-state index contributed by atoms with van der Waals surface area (Å²) < 4.78 is 10.6. The van der Waals surface area contributed by atoms with Crippen LogP contribution in [-0.4, -0.2) is 30.9 Å². The summed E-state index contributed by atoms with van der Waals surface area (Å²) in [7, 11) is 1.63. The zero-order valence-electron chi connectivity index (χ0n) is 13.8. The number of methoxy groups -OCH3 is 1. The Morgan fingerprint density at radius 1 is 1.39 bits per heavy atom. The Hall–Kier alpha value is -2.50. The summed E-state index contributed by atoms with van der Waals surface area (Å²) in [5.41, 5.74) is 1.71. The van der Waals surface area contributed by atoms with Crippen LogP contribution in [0.5, 0.6) is 5.75 Å². The van der Waals surface area contributed by atoms with Crippen molar-refractivity contribution in [1.82, 2.24) is 15.8 Å². The number of hydrogen-bond donors (Lipinski definition) is 2. The molecular weight excluding hydrogens is 294 g/mol. The van der Waals surface area contributed by atoms with Crippen molar-refractivity contribution in [3.05, 3.63) is 36.0 Å². The molecule has 0 saturated heterocycles. The Balaban J connectivity index is 1.86. The van der Waals surface area contributed by atoms with Crippen LogP contribution in [-0.2, 0) is 6.42 Å². The van der Waals surface area contributed by atoms with E-state index in [1.165, 1.54) is 0 Å². The number of amides is 2. The monoisotopic (exact) mass is 317 g/mol. The van der Waals surface area contributed by atoms with Crippen LogP contribution >= 0.6 is 0 Å². The van der Waals surface area contributed by atoms with E-state index in [0.717, 1.165) is 23.4 Å². The highest BCUT2D eigenvalue weighted by Crippen LogP contribution is 2.24. The van der Waals surface area contributed by atoms with Crippen molar-refractivity contribution in [2.75, 3.05) is 13.7 Å². The molecule has 23 heavy (non-hydrogen) atoms. The van der Waals surface area contributed by atoms with E-state index in [9.17, 15) is 4.79 Å². The van der Waals surface area contributed by atoms with E-state index in [-0.39, 0.29) is 12.1 Å². The zero-order valence-corrected chi connectivity index (χ0v) is 13.8. The molecule has 0 aliphatic carbocycles. The van der Waals surface area contributed by atoms with Gasteiger partial charge < -0.3 is 19.9 Å². The fourth-order valence-electron chi connectivity index (χ4n) is 2.02. The van der Waals surface area contributed by atoms with Gasteiger partial charge in [-0.05, 0) is 25.5 Å². The number of carbonyl (C=O) groups is 1. The lowest BCUT2D eigenvalue weighted by molar-refractivity contribution is 0.237. The maximum absolute atomic E-state index is 11.6. The van der Waals surface area contributed by atoms with E-state index in [1.54, 1.807) is 7.11 Å². The van der Waals surface area contributed by atoms with Gasteiger partial charge in [0.15, 0.2) is 5.76 Å². The minimum atomic E-state index is -0.157. The molecule has 124 valence electrons. The van der Waals surface area contributed by atoms with Gasteiger partial charge in [0.1, 0.15) is 5.75 Å². The van der Waals surface area contributed by atoms with Crippen LogP contribution in [0, 0.1) is 0 Å². The van der Waals surface area contributed by atoms with Crippen molar-refractivity contribution in [3.63, 3.8) is 0 Å². The third-order valence-corrected chi connectivity index (χ3v) is 3.57. The number of rotatable bonds is 7. The second-order valence-electron chi connectivity index (χ2n) is 5.37. The Morgan fingerprint density at radius 3 is 2.96 bits per heavy atom. The number of urea groups is 1. The Bertz CT molecular complexity index is 640. The highest BCUT2D eigenvalue weighted by molar-refractivity contribution is 5.74. The summed E-state index contributed by atoms with van der Waals surface area (Å²) in [5.74, 6) is 1.45. The summed E-state index contributed by atoms with van der Waals surface area (Å²) in [6, 6.07) is 9.49. The van der Waals surface area contributed by atoms with E-state index in [0.29, 0.717) is 18.7 Å². The average Bonchev–Trinajstić information content (AvgIpc) is 3.03. The number of ether oxygens (including phenoxy) is 1. The van der Waals surface area contributed by atoms with Crippen LogP contribution in [0.15, 0.2) is 34.9 Å². The van der Waals surface area contributed by atoms with Crippen LogP contribution < -0.4 is 15.4 Å². The molecule has 2 rings (SSSR count). The molecule has 0 spiro atoms. The van der Waals surface area contributed by atoms with Gasteiger partial charge in [-0.15, -0.1) is 0 Å². The van der Waals surface area contributed by atoms with Crippen molar-refractivity contribution < 1.29 is 14.1 Å². The second kappa shape index (κ2) is 8.22. The largest absolute Gasteiger partial charge is 0.497 e. The maximum Gasteiger partial charge on any atom is 0.315 e. The number of nitrogens with one attached hydrogen (secondary N) is 2. The van der Waals surface area contributed by atoms with Gasteiger partial charge in [0, 0.05) is 30.6 Å². The quantitative estimate of drug-likeness (QED) is 0.823. The molecule has 6 heteroatoms. The lowest BCUT2D eigenvalue weighted by atomic mass is 10.1. The van der Waals surface area contributed by atoms with Gasteiger partial charge in [-0.25, -0.2) is 4.79 Å². The van der Waals surface area contributed by atoms with Gasteiger partial charge in [-0.1, -0.05) is 24.2 Å². The highest BCUT2D eigenvalue weighted by Gasteiger charge is 2.09. The summed E-state index contributed by atoms with van der Waals surface area (Å²) in [6.45, 7) is 4.50. The van der Waals surface area contributed by atoms with Crippen LogP contribution in [0.4, 0.5) is 4.79 Å². The fourth-order valence-corrected chi connectivity index (χ4v) is 2.02. The van der Waals surface area contributed by atoms with Gasteiger partial charge >= 0.3 is 6.03 Å². The van der Waals surface area contributed by atoms with Gasteiger partial charge in [0.25, 0.3) is 0 Å². The first-order valence-electron chi connectivity index (χ1n) is 7.76. The highest BCUT2D eigenvalue weighted by atomic mass is 16.5. The topological polar surface area (TPSA) is 76.4 Å². The molecule has 1 heterocycles. The maximum atomic E-state index is 11.6. The van der Waals surface area contributed by atoms with Crippen molar-refractivity contribution in [2.24, 2.45) is 0 Å². The lowest BCUT2D eigenvalue weighted by Gasteiger charge is -2.11. The van der Waals surface area contributed by atoms with Gasteiger partial charge in [0.2, 0.25) is 0 Å². The molecule has 1 unspecified atom stereocenters. The third-order valence-electron chi connectivity index (χ3n) is 3.57. The van der Waals surface area contributed by atoms with E-state index >= 15 is 0 Å². The number of hydrogen-bond acceptors (Lipinski definition) is 4. The van der Waals surface area contributed by atoms with Crippen LogP contribution in [0.1, 0.15) is 26.0 Å². The number of aromatic nitrogens is 1. The van der Waals surface area contributed by atoms with Crippen LogP contribution in [0.2, 0.25) is 0 Å². The molecule has 1 atom stereocenters. The van der Waals surface area contributed by atoms with Gasteiger partial charge in [-0.3, -0.25) is 0 Å². The Kier molecular flexibility index (Phi) is 6.02. The molecule has 6 nitrogen and oxygen atoms in total. The Morgan fingerprint density at radius 2 is 2.22 bits per heavy atom. The van der Waals surface area contributed by atoms with Crippen LogP contribution in [0.3, 0.4) is 0 Å². The number of benzene rings is 1. The molecule has 1 aromatic carbocycles. The molecule has 2 aromatic rings. The van der Waals surface area contributed by atoms with Crippen molar-refractivity contribution in [2.45, 2.75) is 32.7 Å². The minimum absolute atomic E-state index is 0.157. The summed E-state index contributed by atoms with van der Waals surface area (Å²) in [5, 5.41) is 9.70. The molecule has 2 N–H and O–H groups in total. The van der Waals surface area contributed by atoms with E-state index < -0.39 is 0 Å². The standard InChI is InChI=1S/C17H23N3O3/c1-4-12(2)19-17(21)18-9-8-14-11-16(23-20-14)13-6-5-7-15(10-13)22-3/h5-7,10-12H,4,8-9H2,1-3H3,(H2,18,19,21). The normalized spacial score (nSPS) is 11.8. The first-order valence-corrected chi connectivity index (χ1v) is 7.76. The predicted molar refractivity (Wildman–Crippen MR) is 88.5 cm³/mol.